The largest absolute Gasteiger partial charge is 0.493 e. The molecule has 3 rings (SSSR count). The average molecular weight is 526 g/mol. The molecule has 3 aromatic rings. The van der Waals surface area contributed by atoms with Crippen molar-refractivity contribution < 1.29 is 4.74 Å². The summed E-state index contributed by atoms with van der Waals surface area (Å²) in [6.45, 7) is 0.655. The van der Waals surface area contributed by atoms with E-state index in [-0.39, 0.29) is 0 Å². The molecule has 5 heteroatoms. The zero-order valence-corrected chi connectivity index (χ0v) is 18.1. The van der Waals surface area contributed by atoms with Crippen LogP contribution in [-0.2, 0) is 0 Å². The van der Waals surface area contributed by atoms with Gasteiger partial charge < -0.3 is 9.64 Å². The van der Waals surface area contributed by atoms with Crippen molar-refractivity contribution in [2.24, 2.45) is 0 Å². The number of anilines is 3. The molecule has 0 saturated carbocycles. The van der Waals surface area contributed by atoms with Crippen LogP contribution in [0.15, 0.2) is 81.7 Å². The Bertz CT molecular complexity index is 756. The van der Waals surface area contributed by atoms with Crippen LogP contribution < -0.4 is 9.64 Å². The van der Waals surface area contributed by atoms with Crippen LogP contribution in [-0.4, -0.2) is 11.9 Å². The minimum atomic E-state index is 0.655. The lowest BCUT2D eigenvalue weighted by Gasteiger charge is -2.25. The molecule has 0 saturated heterocycles. The third kappa shape index (κ3) is 4.87. The molecule has 0 spiro atoms. The Morgan fingerprint density at radius 2 is 1.04 bits per heavy atom. The van der Waals surface area contributed by atoms with Gasteiger partial charge in [0.2, 0.25) is 0 Å². The lowest BCUT2D eigenvalue weighted by atomic mass is 10.2. The van der Waals surface area contributed by atoms with Crippen LogP contribution in [0, 0.1) is 0 Å². The summed E-state index contributed by atoms with van der Waals surface area (Å²) >= 11 is 10.4. The molecule has 0 aromatic heterocycles. The summed E-state index contributed by atoms with van der Waals surface area (Å²) in [7, 11) is 0. The fourth-order valence-electron chi connectivity index (χ4n) is 2.48. The molecule has 0 amide bonds. The lowest BCUT2D eigenvalue weighted by molar-refractivity contribution is 0.345. The van der Waals surface area contributed by atoms with E-state index in [1.807, 2.05) is 12.1 Å². The highest BCUT2D eigenvalue weighted by molar-refractivity contribution is 9.10. The molecule has 25 heavy (non-hydrogen) atoms. The Balaban J connectivity index is 1.98. The minimum absolute atomic E-state index is 0.655. The van der Waals surface area contributed by atoms with E-state index in [0.717, 1.165) is 37.1 Å². The summed E-state index contributed by atoms with van der Waals surface area (Å²) < 4.78 is 7.78. The Labute approximate surface area is 173 Å². The second-order valence-corrected chi connectivity index (χ2v) is 7.94. The maximum Gasteiger partial charge on any atom is 0.119 e. The summed E-state index contributed by atoms with van der Waals surface area (Å²) in [5.74, 6) is 0.870. The maximum atomic E-state index is 5.65. The van der Waals surface area contributed by atoms with Gasteiger partial charge in [-0.15, -0.1) is 0 Å². The Morgan fingerprint density at radius 3 is 1.44 bits per heavy atom. The SMILES string of the molecule is BrCCOc1ccc(N(c2ccc(Br)cc2)c2ccc(Br)cc2)cc1. The van der Waals surface area contributed by atoms with Crippen molar-refractivity contribution >= 4 is 64.9 Å². The summed E-state index contributed by atoms with van der Waals surface area (Å²) in [5, 5.41) is 0.818. The number of hydrogen-bond acceptors (Lipinski definition) is 2. The van der Waals surface area contributed by atoms with Gasteiger partial charge in [-0.05, 0) is 72.8 Å². The molecule has 0 radical (unpaired) electrons. The molecule has 3 aromatic carbocycles. The fraction of sp³-hybridized carbons (Fsp3) is 0.100. The topological polar surface area (TPSA) is 12.5 Å². The number of nitrogens with zero attached hydrogens (tertiary/aromatic N) is 1. The van der Waals surface area contributed by atoms with E-state index in [1.54, 1.807) is 0 Å². The molecule has 128 valence electrons. The summed E-state index contributed by atoms with van der Waals surface area (Å²) in [5.41, 5.74) is 3.27. The third-order valence-corrected chi connectivity index (χ3v) is 4.99. The van der Waals surface area contributed by atoms with Gasteiger partial charge in [-0.1, -0.05) is 47.8 Å². The predicted molar refractivity (Wildman–Crippen MR) is 116 cm³/mol. The van der Waals surface area contributed by atoms with E-state index in [0.29, 0.717) is 6.61 Å². The van der Waals surface area contributed by atoms with E-state index < -0.39 is 0 Å². The Morgan fingerprint density at radius 1 is 0.640 bits per heavy atom. The second kappa shape index (κ2) is 8.88. The molecule has 0 aliphatic carbocycles. The molecular weight excluding hydrogens is 510 g/mol. The van der Waals surface area contributed by atoms with Crippen LogP contribution in [0.5, 0.6) is 5.75 Å². The summed E-state index contributed by atoms with van der Waals surface area (Å²) in [4.78, 5) is 2.22. The van der Waals surface area contributed by atoms with Crippen molar-refractivity contribution in [3.8, 4) is 5.75 Å². The van der Waals surface area contributed by atoms with Gasteiger partial charge in [-0.25, -0.2) is 0 Å². The first kappa shape index (κ1) is 18.5. The Kier molecular flexibility index (Phi) is 6.57. The van der Waals surface area contributed by atoms with Crippen molar-refractivity contribution in [3.05, 3.63) is 81.7 Å². The quantitative estimate of drug-likeness (QED) is 0.310. The van der Waals surface area contributed by atoms with E-state index in [9.17, 15) is 0 Å². The molecule has 0 N–H and O–H groups in total. The van der Waals surface area contributed by atoms with Crippen molar-refractivity contribution in [3.63, 3.8) is 0 Å². The van der Waals surface area contributed by atoms with Crippen LogP contribution in [0.1, 0.15) is 0 Å². The van der Waals surface area contributed by atoms with Crippen molar-refractivity contribution in [2.75, 3.05) is 16.8 Å². The highest BCUT2D eigenvalue weighted by atomic mass is 79.9. The Hall–Kier alpha value is -1.30. The monoisotopic (exact) mass is 523 g/mol. The van der Waals surface area contributed by atoms with E-state index in [2.05, 4.69) is 113 Å². The van der Waals surface area contributed by atoms with Crippen LogP contribution in [0.4, 0.5) is 17.1 Å². The highest BCUT2D eigenvalue weighted by Crippen LogP contribution is 2.36. The molecule has 0 fully saturated rings. The van der Waals surface area contributed by atoms with E-state index in [4.69, 9.17) is 4.74 Å². The normalized spacial score (nSPS) is 10.5. The van der Waals surface area contributed by atoms with Gasteiger partial charge in [0.05, 0.1) is 6.61 Å². The number of benzene rings is 3. The van der Waals surface area contributed by atoms with Crippen molar-refractivity contribution in [1.29, 1.82) is 0 Å². The van der Waals surface area contributed by atoms with Gasteiger partial charge in [0.15, 0.2) is 0 Å². The lowest BCUT2D eigenvalue weighted by Crippen LogP contribution is -2.09. The first-order chi connectivity index (χ1) is 12.2. The molecule has 0 aliphatic heterocycles. The molecule has 0 bridgehead atoms. The molecule has 2 nitrogen and oxygen atoms in total. The number of ether oxygens (including phenoxy) is 1. The predicted octanol–water partition coefficient (Wildman–Crippen LogP) is 7.46. The molecule has 0 unspecified atom stereocenters. The van der Waals surface area contributed by atoms with Gasteiger partial charge in [-0.3, -0.25) is 0 Å². The van der Waals surface area contributed by atoms with Gasteiger partial charge >= 0.3 is 0 Å². The number of halogens is 3. The standard InChI is InChI=1S/C20H16Br3NO/c21-13-14-25-20-11-9-19(10-12-20)24(17-5-1-15(22)2-6-17)18-7-3-16(23)4-8-18/h1-12H,13-14H2. The maximum absolute atomic E-state index is 5.65. The number of hydrogen-bond donors (Lipinski definition) is 0. The minimum Gasteiger partial charge on any atom is -0.493 e. The smallest absolute Gasteiger partial charge is 0.119 e. The first-order valence-corrected chi connectivity index (χ1v) is 10.5. The molecule has 0 heterocycles. The zero-order valence-electron chi connectivity index (χ0n) is 13.3. The third-order valence-electron chi connectivity index (χ3n) is 3.61. The van der Waals surface area contributed by atoms with Crippen molar-refractivity contribution in [2.45, 2.75) is 0 Å². The molecular formula is C20H16Br3NO. The van der Waals surface area contributed by atoms with Gasteiger partial charge in [0.1, 0.15) is 5.75 Å². The number of rotatable bonds is 6. The van der Waals surface area contributed by atoms with E-state index >= 15 is 0 Å². The zero-order chi connectivity index (χ0) is 17.6. The summed E-state index contributed by atoms with van der Waals surface area (Å²) in [6, 6.07) is 24.8. The second-order valence-electron chi connectivity index (χ2n) is 5.32. The molecule has 0 aliphatic rings. The van der Waals surface area contributed by atoms with Gasteiger partial charge in [0.25, 0.3) is 0 Å². The van der Waals surface area contributed by atoms with Crippen LogP contribution >= 0.6 is 47.8 Å². The van der Waals surface area contributed by atoms with Gasteiger partial charge in [-0.2, -0.15) is 0 Å². The van der Waals surface area contributed by atoms with Crippen molar-refractivity contribution in [1.82, 2.24) is 0 Å². The average Bonchev–Trinajstić information content (AvgIpc) is 2.64. The first-order valence-electron chi connectivity index (χ1n) is 7.77. The van der Waals surface area contributed by atoms with E-state index in [1.165, 1.54) is 0 Å². The van der Waals surface area contributed by atoms with Crippen LogP contribution in [0.3, 0.4) is 0 Å². The van der Waals surface area contributed by atoms with Crippen LogP contribution in [0.25, 0.3) is 0 Å². The fourth-order valence-corrected chi connectivity index (χ4v) is 3.17. The van der Waals surface area contributed by atoms with Gasteiger partial charge in [0, 0.05) is 31.3 Å². The highest BCUT2D eigenvalue weighted by Gasteiger charge is 2.12. The summed E-state index contributed by atoms with van der Waals surface area (Å²) in [6.07, 6.45) is 0. The van der Waals surface area contributed by atoms with Crippen LogP contribution in [0.2, 0.25) is 0 Å². The number of alkyl halides is 1. The molecule has 0 atom stereocenters.